The predicted molar refractivity (Wildman–Crippen MR) is 83.5 cm³/mol. The molecule has 1 amide bonds. The van der Waals surface area contributed by atoms with Crippen molar-refractivity contribution in [3.8, 4) is 0 Å². The SMILES string of the molecule is COCCC(NC(=O)c1ccc(C(=O)O)cc1F)c1ccc(C)o1. The molecular weight excluding hydrogens is 317 g/mol. The first kappa shape index (κ1) is 17.7. The summed E-state index contributed by atoms with van der Waals surface area (Å²) in [5.41, 5.74) is -0.452. The van der Waals surface area contributed by atoms with E-state index in [1.807, 2.05) is 0 Å². The van der Waals surface area contributed by atoms with Gasteiger partial charge in [-0.25, -0.2) is 9.18 Å². The number of aryl methyl sites for hydroxylation is 1. The van der Waals surface area contributed by atoms with Gasteiger partial charge in [-0.05, 0) is 43.7 Å². The lowest BCUT2D eigenvalue weighted by atomic mass is 10.1. The van der Waals surface area contributed by atoms with Gasteiger partial charge in [-0.1, -0.05) is 0 Å². The number of benzene rings is 1. The molecule has 0 aliphatic rings. The van der Waals surface area contributed by atoms with Crippen LogP contribution in [0, 0.1) is 12.7 Å². The van der Waals surface area contributed by atoms with E-state index in [0.29, 0.717) is 24.5 Å². The molecule has 0 radical (unpaired) electrons. The molecule has 2 aromatic rings. The Morgan fingerprint density at radius 3 is 2.62 bits per heavy atom. The molecule has 7 heteroatoms. The van der Waals surface area contributed by atoms with Crippen LogP contribution in [0.1, 0.15) is 44.7 Å². The van der Waals surface area contributed by atoms with Crippen molar-refractivity contribution in [1.82, 2.24) is 5.32 Å². The Bertz CT molecular complexity index is 740. The second-order valence-corrected chi connectivity index (χ2v) is 5.26. The van der Waals surface area contributed by atoms with Gasteiger partial charge in [0.05, 0.1) is 17.2 Å². The van der Waals surface area contributed by atoms with Gasteiger partial charge >= 0.3 is 5.97 Å². The summed E-state index contributed by atoms with van der Waals surface area (Å²) in [5.74, 6) is -1.57. The highest BCUT2D eigenvalue weighted by Crippen LogP contribution is 2.21. The molecule has 1 heterocycles. The third-order valence-electron chi connectivity index (χ3n) is 3.48. The Kier molecular flexibility index (Phi) is 5.70. The molecule has 0 saturated heterocycles. The molecule has 2 N–H and O–H groups in total. The third-order valence-corrected chi connectivity index (χ3v) is 3.48. The Morgan fingerprint density at radius 2 is 2.08 bits per heavy atom. The number of aromatic carboxylic acids is 1. The number of methoxy groups -OCH3 is 1. The van der Waals surface area contributed by atoms with Crippen LogP contribution in [0.4, 0.5) is 4.39 Å². The smallest absolute Gasteiger partial charge is 0.335 e. The van der Waals surface area contributed by atoms with Crippen molar-refractivity contribution < 1.29 is 28.2 Å². The van der Waals surface area contributed by atoms with Crippen LogP contribution in [0.25, 0.3) is 0 Å². The lowest BCUT2D eigenvalue weighted by Gasteiger charge is -2.17. The Balaban J connectivity index is 2.19. The van der Waals surface area contributed by atoms with Gasteiger partial charge in [0.25, 0.3) is 5.91 Å². The average molecular weight is 335 g/mol. The van der Waals surface area contributed by atoms with Gasteiger partial charge < -0.3 is 19.6 Å². The number of ether oxygens (including phenoxy) is 1. The minimum Gasteiger partial charge on any atom is -0.478 e. The van der Waals surface area contributed by atoms with E-state index >= 15 is 0 Å². The summed E-state index contributed by atoms with van der Waals surface area (Å²) < 4.78 is 24.5. The number of furan rings is 1. The lowest BCUT2D eigenvalue weighted by Crippen LogP contribution is -2.30. The monoisotopic (exact) mass is 335 g/mol. The summed E-state index contributed by atoms with van der Waals surface area (Å²) in [6.45, 7) is 2.16. The molecule has 0 bridgehead atoms. The number of nitrogens with one attached hydrogen (secondary N) is 1. The zero-order chi connectivity index (χ0) is 17.7. The molecule has 24 heavy (non-hydrogen) atoms. The molecule has 0 spiro atoms. The van der Waals surface area contributed by atoms with Gasteiger partial charge in [-0.3, -0.25) is 4.79 Å². The topological polar surface area (TPSA) is 88.8 Å². The maximum absolute atomic E-state index is 14.0. The molecule has 1 aromatic heterocycles. The number of carbonyl (C=O) groups excluding carboxylic acids is 1. The first-order valence-corrected chi connectivity index (χ1v) is 7.31. The predicted octanol–water partition coefficient (Wildman–Crippen LogP) is 2.93. The van der Waals surface area contributed by atoms with Crippen LogP contribution in [-0.2, 0) is 4.74 Å². The largest absolute Gasteiger partial charge is 0.478 e. The number of amides is 1. The molecule has 0 saturated carbocycles. The van der Waals surface area contributed by atoms with E-state index in [9.17, 15) is 14.0 Å². The summed E-state index contributed by atoms with van der Waals surface area (Å²) in [5, 5.41) is 11.5. The number of hydrogen-bond donors (Lipinski definition) is 2. The second kappa shape index (κ2) is 7.74. The first-order chi connectivity index (χ1) is 11.4. The van der Waals surface area contributed by atoms with Crippen LogP contribution in [0.2, 0.25) is 0 Å². The minimum absolute atomic E-state index is 0.221. The number of halogens is 1. The summed E-state index contributed by atoms with van der Waals surface area (Å²) in [4.78, 5) is 23.1. The standard InChI is InChI=1S/C17H18FNO5/c1-10-3-6-15(24-10)14(7-8-23-2)19-16(20)12-5-4-11(17(21)22)9-13(12)18/h3-6,9,14H,7-8H2,1-2H3,(H,19,20)(H,21,22). The Hall–Kier alpha value is -2.67. The number of carboxylic acids is 1. The van der Waals surface area contributed by atoms with Gasteiger partial charge in [0.15, 0.2) is 0 Å². The fraction of sp³-hybridized carbons (Fsp3) is 0.294. The van der Waals surface area contributed by atoms with Gasteiger partial charge in [-0.15, -0.1) is 0 Å². The fourth-order valence-electron chi connectivity index (χ4n) is 2.23. The highest BCUT2D eigenvalue weighted by atomic mass is 19.1. The number of carbonyl (C=O) groups is 2. The van der Waals surface area contributed by atoms with Crippen molar-refractivity contribution in [2.75, 3.05) is 13.7 Å². The molecule has 1 unspecified atom stereocenters. The van der Waals surface area contributed by atoms with Gasteiger partial charge in [-0.2, -0.15) is 0 Å². The van der Waals surface area contributed by atoms with E-state index in [4.69, 9.17) is 14.3 Å². The first-order valence-electron chi connectivity index (χ1n) is 7.31. The van der Waals surface area contributed by atoms with E-state index in [2.05, 4.69) is 5.32 Å². The Labute approximate surface area is 138 Å². The maximum Gasteiger partial charge on any atom is 0.335 e. The normalized spacial score (nSPS) is 12.0. The van der Waals surface area contributed by atoms with E-state index in [1.54, 1.807) is 19.1 Å². The van der Waals surface area contributed by atoms with E-state index in [0.717, 1.165) is 12.1 Å². The average Bonchev–Trinajstić information content (AvgIpc) is 2.97. The van der Waals surface area contributed by atoms with Gasteiger partial charge in [0.1, 0.15) is 17.3 Å². The van der Waals surface area contributed by atoms with Crippen molar-refractivity contribution in [2.24, 2.45) is 0 Å². The quantitative estimate of drug-likeness (QED) is 0.812. The molecule has 128 valence electrons. The van der Waals surface area contributed by atoms with Crippen LogP contribution in [-0.4, -0.2) is 30.7 Å². The van der Waals surface area contributed by atoms with Crippen LogP contribution < -0.4 is 5.32 Å². The molecule has 6 nitrogen and oxygen atoms in total. The summed E-state index contributed by atoms with van der Waals surface area (Å²) in [7, 11) is 1.54. The van der Waals surface area contributed by atoms with Gasteiger partial charge in [0, 0.05) is 13.7 Å². The third kappa shape index (κ3) is 4.20. The molecule has 1 atom stereocenters. The zero-order valence-electron chi connectivity index (χ0n) is 13.3. The Morgan fingerprint density at radius 1 is 1.33 bits per heavy atom. The van der Waals surface area contributed by atoms with Crippen LogP contribution in [0.15, 0.2) is 34.7 Å². The molecular formula is C17H18FNO5. The molecule has 2 rings (SSSR count). The van der Waals surface area contributed by atoms with Crippen LogP contribution in [0.3, 0.4) is 0 Å². The van der Waals surface area contributed by atoms with Crippen molar-refractivity contribution >= 4 is 11.9 Å². The number of rotatable bonds is 7. The van der Waals surface area contributed by atoms with Crippen molar-refractivity contribution in [3.63, 3.8) is 0 Å². The second-order valence-electron chi connectivity index (χ2n) is 5.26. The zero-order valence-corrected chi connectivity index (χ0v) is 13.3. The highest BCUT2D eigenvalue weighted by Gasteiger charge is 2.21. The van der Waals surface area contributed by atoms with Crippen LogP contribution in [0.5, 0.6) is 0 Å². The highest BCUT2D eigenvalue weighted by molar-refractivity contribution is 5.96. The summed E-state index contributed by atoms with van der Waals surface area (Å²) in [6.07, 6.45) is 0.448. The maximum atomic E-state index is 14.0. The van der Waals surface area contributed by atoms with Gasteiger partial charge in [0.2, 0.25) is 0 Å². The fourth-order valence-corrected chi connectivity index (χ4v) is 2.23. The number of hydrogen-bond acceptors (Lipinski definition) is 4. The summed E-state index contributed by atoms with van der Waals surface area (Å²) >= 11 is 0. The molecule has 0 fully saturated rings. The lowest BCUT2D eigenvalue weighted by molar-refractivity contribution is 0.0695. The summed E-state index contributed by atoms with van der Waals surface area (Å²) in [6, 6.07) is 6.17. The number of carboxylic acid groups (broad SMARTS) is 1. The van der Waals surface area contributed by atoms with E-state index in [1.165, 1.54) is 13.2 Å². The molecule has 0 aliphatic heterocycles. The van der Waals surface area contributed by atoms with Crippen molar-refractivity contribution in [3.05, 3.63) is 58.8 Å². The minimum atomic E-state index is -1.26. The van der Waals surface area contributed by atoms with E-state index < -0.39 is 23.7 Å². The van der Waals surface area contributed by atoms with E-state index in [-0.39, 0.29) is 11.1 Å². The van der Waals surface area contributed by atoms with Crippen LogP contribution >= 0.6 is 0 Å². The van der Waals surface area contributed by atoms with Crippen molar-refractivity contribution in [1.29, 1.82) is 0 Å². The molecule has 0 aliphatic carbocycles. The van der Waals surface area contributed by atoms with Crippen molar-refractivity contribution in [2.45, 2.75) is 19.4 Å². The molecule has 1 aromatic carbocycles.